The minimum atomic E-state index is -0.190. The first-order chi connectivity index (χ1) is 11.8. The second kappa shape index (κ2) is 11.7. The Balaban J connectivity index is 1.66. The number of alkyl halides is 1. The molecule has 24 heavy (non-hydrogen) atoms. The Bertz CT molecular complexity index is 510. The zero-order valence-electron chi connectivity index (χ0n) is 14.1. The van der Waals surface area contributed by atoms with E-state index in [-0.39, 0.29) is 24.1 Å². The van der Waals surface area contributed by atoms with Gasteiger partial charge in [0.25, 0.3) is 0 Å². The molecule has 1 atom stereocenters. The fraction of sp³-hybridized carbons (Fsp3) is 0.722. The lowest BCUT2D eigenvalue weighted by Gasteiger charge is -2.22. The van der Waals surface area contributed by atoms with E-state index >= 15 is 0 Å². The third-order valence-corrected chi connectivity index (χ3v) is 4.50. The summed E-state index contributed by atoms with van der Waals surface area (Å²) >= 11 is 3.42. The van der Waals surface area contributed by atoms with E-state index in [4.69, 9.17) is 18.6 Å². The summed E-state index contributed by atoms with van der Waals surface area (Å²) in [6, 6.07) is 1.44. The molecule has 2 heterocycles. The maximum atomic E-state index is 12.0. The van der Waals surface area contributed by atoms with Crippen LogP contribution in [0.1, 0.15) is 57.1 Å². The smallest absolute Gasteiger partial charge is 0.227 e. The molecule has 136 valence electrons. The monoisotopic (exact) mass is 402 g/mol. The van der Waals surface area contributed by atoms with Crippen LogP contribution in [-0.2, 0) is 16.1 Å². The van der Waals surface area contributed by atoms with Crippen LogP contribution in [0.4, 0.5) is 0 Å². The SMILES string of the molecule is O=c1cc(COC2CCCCO2)occ1OCCCCCCCBr. The van der Waals surface area contributed by atoms with Gasteiger partial charge in [0.05, 0.1) is 6.61 Å². The molecule has 0 spiro atoms. The fourth-order valence-electron chi connectivity index (χ4n) is 2.55. The molecule has 2 rings (SSSR count). The molecule has 1 aliphatic rings. The summed E-state index contributed by atoms with van der Waals surface area (Å²) in [6.45, 7) is 1.52. The predicted octanol–water partition coefficient (Wildman–Crippen LogP) is 4.41. The van der Waals surface area contributed by atoms with Gasteiger partial charge in [0.2, 0.25) is 11.2 Å². The van der Waals surface area contributed by atoms with Crippen molar-refractivity contribution in [1.29, 1.82) is 0 Å². The minimum Gasteiger partial charge on any atom is -0.487 e. The van der Waals surface area contributed by atoms with Gasteiger partial charge in [-0.05, 0) is 32.1 Å². The Morgan fingerprint density at radius 1 is 1.17 bits per heavy atom. The summed E-state index contributed by atoms with van der Waals surface area (Å²) in [5.41, 5.74) is -0.163. The molecular weight excluding hydrogens is 376 g/mol. The highest BCUT2D eigenvalue weighted by Gasteiger charge is 2.15. The summed E-state index contributed by atoms with van der Waals surface area (Å²) in [4.78, 5) is 12.0. The average molecular weight is 403 g/mol. The molecule has 0 bridgehead atoms. The van der Waals surface area contributed by atoms with Crippen LogP contribution in [0, 0.1) is 0 Å². The molecule has 0 amide bonds. The quantitative estimate of drug-likeness (QED) is 0.405. The van der Waals surface area contributed by atoms with Crippen molar-refractivity contribution in [1.82, 2.24) is 0 Å². The van der Waals surface area contributed by atoms with Gasteiger partial charge in [0.15, 0.2) is 6.29 Å². The molecule has 1 unspecified atom stereocenters. The van der Waals surface area contributed by atoms with Crippen LogP contribution in [0.25, 0.3) is 0 Å². The molecule has 0 aromatic carbocycles. The van der Waals surface area contributed by atoms with Crippen molar-refractivity contribution in [2.75, 3.05) is 18.5 Å². The number of rotatable bonds is 11. The van der Waals surface area contributed by atoms with E-state index in [1.165, 1.54) is 31.6 Å². The normalized spacial score (nSPS) is 17.8. The van der Waals surface area contributed by atoms with Crippen LogP contribution >= 0.6 is 15.9 Å². The lowest BCUT2D eigenvalue weighted by molar-refractivity contribution is -0.171. The van der Waals surface area contributed by atoms with E-state index in [9.17, 15) is 4.79 Å². The Kier molecular flexibility index (Phi) is 9.46. The zero-order chi connectivity index (χ0) is 17.0. The average Bonchev–Trinajstić information content (AvgIpc) is 2.61. The standard InChI is InChI=1S/C18H27BrO5/c19-9-5-2-1-3-6-10-21-17-14-23-15(12-16(17)20)13-24-18-8-4-7-11-22-18/h12,14,18H,1-11,13H2. The van der Waals surface area contributed by atoms with Crippen LogP contribution in [0.15, 0.2) is 21.5 Å². The van der Waals surface area contributed by atoms with Crippen molar-refractivity contribution >= 4 is 15.9 Å². The van der Waals surface area contributed by atoms with Crippen LogP contribution in [0.5, 0.6) is 5.75 Å². The molecule has 1 aromatic rings. The molecule has 1 aromatic heterocycles. The van der Waals surface area contributed by atoms with E-state index in [0.29, 0.717) is 12.4 Å². The van der Waals surface area contributed by atoms with E-state index < -0.39 is 0 Å². The van der Waals surface area contributed by atoms with Gasteiger partial charge in [-0.15, -0.1) is 0 Å². The number of unbranched alkanes of at least 4 members (excludes halogenated alkanes) is 4. The lowest BCUT2D eigenvalue weighted by atomic mass is 10.2. The minimum absolute atomic E-state index is 0.163. The molecule has 5 nitrogen and oxygen atoms in total. The number of hydrogen-bond acceptors (Lipinski definition) is 5. The summed E-state index contributed by atoms with van der Waals surface area (Å²) < 4.78 is 22.0. The van der Waals surface area contributed by atoms with E-state index in [1.807, 2.05) is 0 Å². The molecule has 0 N–H and O–H groups in total. The third-order valence-electron chi connectivity index (χ3n) is 3.94. The van der Waals surface area contributed by atoms with Crippen LogP contribution < -0.4 is 10.2 Å². The van der Waals surface area contributed by atoms with Crippen molar-refractivity contribution in [3.8, 4) is 5.75 Å². The van der Waals surface area contributed by atoms with Gasteiger partial charge in [-0.1, -0.05) is 35.2 Å². The van der Waals surface area contributed by atoms with Gasteiger partial charge in [-0.3, -0.25) is 4.79 Å². The van der Waals surface area contributed by atoms with Crippen molar-refractivity contribution in [3.05, 3.63) is 28.3 Å². The Labute approximate surface area is 151 Å². The molecular formula is C18H27BrO5. The summed E-state index contributed by atoms with van der Waals surface area (Å²) in [6.07, 6.45) is 9.97. The molecule has 1 fully saturated rings. The molecule has 6 heteroatoms. The Hall–Kier alpha value is -0.850. The second-order valence-electron chi connectivity index (χ2n) is 5.99. The van der Waals surface area contributed by atoms with Crippen molar-refractivity contribution < 1.29 is 18.6 Å². The van der Waals surface area contributed by atoms with Gasteiger partial charge < -0.3 is 18.6 Å². The van der Waals surface area contributed by atoms with Crippen molar-refractivity contribution in [3.63, 3.8) is 0 Å². The van der Waals surface area contributed by atoms with Gasteiger partial charge in [0.1, 0.15) is 18.6 Å². The lowest BCUT2D eigenvalue weighted by Crippen LogP contribution is -2.22. The molecule has 1 aliphatic heterocycles. The number of hydrogen-bond donors (Lipinski definition) is 0. The Morgan fingerprint density at radius 3 is 2.75 bits per heavy atom. The van der Waals surface area contributed by atoms with Gasteiger partial charge in [-0.2, -0.15) is 0 Å². The predicted molar refractivity (Wildman–Crippen MR) is 95.7 cm³/mol. The first kappa shape index (κ1) is 19.5. The van der Waals surface area contributed by atoms with Crippen LogP contribution in [0.3, 0.4) is 0 Å². The maximum Gasteiger partial charge on any atom is 0.227 e. The highest BCUT2D eigenvalue weighted by Crippen LogP contribution is 2.16. The Morgan fingerprint density at radius 2 is 2.00 bits per heavy atom. The number of halogens is 1. The summed E-state index contributed by atoms with van der Waals surface area (Å²) in [7, 11) is 0. The van der Waals surface area contributed by atoms with E-state index in [1.54, 1.807) is 0 Å². The van der Waals surface area contributed by atoms with Crippen molar-refractivity contribution in [2.24, 2.45) is 0 Å². The number of ether oxygens (including phenoxy) is 3. The van der Waals surface area contributed by atoms with Gasteiger partial charge in [-0.25, -0.2) is 0 Å². The van der Waals surface area contributed by atoms with E-state index in [0.717, 1.165) is 44.0 Å². The van der Waals surface area contributed by atoms with E-state index in [2.05, 4.69) is 15.9 Å². The largest absolute Gasteiger partial charge is 0.487 e. The molecule has 0 saturated carbocycles. The first-order valence-electron chi connectivity index (χ1n) is 8.83. The first-order valence-corrected chi connectivity index (χ1v) is 9.95. The highest BCUT2D eigenvalue weighted by molar-refractivity contribution is 9.09. The van der Waals surface area contributed by atoms with Crippen LogP contribution in [-0.4, -0.2) is 24.8 Å². The second-order valence-corrected chi connectivity index (χ2v) is 6.78. The molecule has 1 saturated heterocycles. The highest BCUT2D eigenvalue weighted by atomic mass is 79.9. The maximum absolute atomic E-state index is 12.0. The van der Waals surface area contributed by atoms with Crippen LogP contribution in [0.2, 0.25) is 0 Å². The van der Waals surface area contributed by atoms with Gasteiger partial charge in [0, 0.05) is 18.0 Å². The zero-order valence-corrected chi connectivity index (χ0v) is 15.7. The van der Waals surface area contributed by atoms with Crippen molar-refractivity contribution in [2.45, 2.75) is 64.3 Å². The van der Waals surface area contributed by atoms with Gasteiger partial charge >= 0.3 is 0 Å². The summed E-state index contributed by atoms with van der Waals surface area (Å²) in [5.74, 6) is 0.768. The molecule has 0 radical (unpaired) electrons. The third kappa shape index (κ3) is 7.36. The summed E-state index contributed by atoms with van der Waals surface area (Å²) in [5, 5.41) is 1.06. The topological polar surface area (TPSA) is 57.9 Å². The molecule has 0 aliphatic carbocycles. The fourth-order valence-corrected chi connectivity index (χ4v) is 2.94.